The van der Waals surface area contributed by atoms with Gasteiger partial charge in [0.15, 0.2) is 6.10 Å². The van der Waals surface area contributed by atoms with E-state index in [1.165, 1.54) is 12.8 Å². The number of rotatable bonds is 35. The molecule has 0 spiro atoms. The molecular weight excluding hydrogens is 725 g/mol. The molecule has 0 heterocycles. The Balaban J connectivity index is 4.58. The van der Waals surface area contributed by atoms with Gasteiger partial charge in [0.1, 0.15) is 12.6 Å². The molecule has 13 heteroatoms. The van der Waals surface area contributed by atoms with Gasteiger partial charge in [-0.15, -0.1) is 0 Å². The number of aliphatic hydroxyl groups is 1. The van der Waals surface area contributed by atoms with Gasteiger partial charge in [-0.25, -0.2) is 4.57 Å². The summed E-state index contributed by atoms with van der Waals surface area (Å²) < 4.78 is 32.4. The number of hydrogen-bond donors (Lipinski definition) is 4. The topological polar surface area (TPSA) is 192 Å². The van der Waals surface area contributed by atoms with Gasteiger partial charge in [0.05, 0.1) is 19.3 Å². The maximum absolute atomic E-state index is 12.5. The third-order valence-corrected chi connectivity index (χ3v) is 8.67. The molecule has 0 aliphatic carbocycles. The van der Waals surface area contributed by atoms with Crippen LogP contribution in [0.1, 0.15) is 123 Å². The van der Waals surface area contributed by atoms with Crippen LogP contribution in [0.15, 0.2) is 85.1 Å². The molecule has 0 saturated carbocycles. The molecule has 0 saturated heterocycles. The van der Waals surface area contributed by atoms with E-state index in [1.54, 1.807) is 6.08 Å². The Bertz CT molecular complexity index is 1270. The predicted octanol–water partition coefficient (Wildman–Crippen LogP) is 8.91. The van der Waals surface area contributed by atoms with Crippen LogP contribution in [0.4, 0.5) is 0 Å². The fourth-order valence-electron chi connectivity index (χ4n) is 4.57. The first-order chi connectivity index (χ1) is 26.5. The van der Waals surface area contributed by atoms with Gasteiger partial charge in [-0.1, -0.05) is 131 Å². The van der Waals surface area contributed by atoms with Crippen molar-refractivity contribution in [2.24, 2.45) is 5.73 Å². The van der Waals surface area contributed by atoms with E-state index in [-0.39, 0.29) is 12.8 Å². The summed E-state index contributed by atoms with van der Waals surface area (Å²) in [6.07, 6.45) is 40.1. The van der Waals surface area contributed by atoms with Crippen LogP contribution in [0.25, 0.3) is 0 Å². The van der Waals surface area contributed by atoms with Gasteiger partial charge in [-0.3, -0.25) is 23.4 Å². The normalized spacial score (nSPS) is 15.3. The SMILES string of the molecule is CC/C=C\CC(O)/C=C/C=C/C/C=C\C/C=C\C/C=C\CCC(=O)OC[C@H](COP(=O)(O)OC[C@H](N)C(=O)O)OC(=O)CCCCCCC/C=C\CCCC. The lowest BCUT2D eigenvalue weighted by molar-refractivity contribution is -0.161. The number of ether oxygens (including phenoxy) is 2. The minimum atomic E-state index is -4.74. The maximum Gasteiger partial charge on any atom is 0.472 e. The van der Waals surface area contributed by atoms with E-state index in [0.29, 0.717) is 25.7 Å². The lowest BCUT2D eigenvalue weighted by Gasteiger charge is -2.20. The van der Waals surface area contributed by atoms with Gasteiger partial charge in [0.2, 0.25) is 0 Å². The number of allylic oxidation sites excluding steroid dienone is 12. The van der Waals surface area contributed by atoms with E-state index in [9.17, 15) is 28.9 Å². The number of aliphatic hydroxyl groups excluding tert-OH is 1. The van der Waals surface area contributed by atoms with Crippen LogP contribution in [0.2, 0.25) is 0 Å². The molecule has 12 nitrogen and oxygen atoms in total. The molecule has 0 aliphatic heterocycles. The van der Waals surface area contributed by atoms with Gasteiger partial charge in [0, 0.05) is 12.8 Å². The minimum absolute atomic E-state index is 0.0747. The van der Waals surface area contributed by atoms with Gasteiger partial charge < -0.3 is 30.3 Å². The Morgan fingerprint density at radius 2 is 1.27 bits per heavy atom. The number of carbonyl (C=O) groups is 3. The van der Waals surface area contributed by atoms with Crippen LogP contribution < -0.4 is 5.73 Å². The Labute approximate surface area is 329 Å². The van der Waals surface area contributed by atoms with Gasteiger partial charge in [-0.05, 0) is 64.2 Å². The molecule has 0 amide bonds. The number of carbonyl (C=O) groups excluding carboxylic acids is 2. The average molecular weight is 794 g/mol. The fourth-order valence-corrected chi connectivity index (χ4v) is 5.34. The van der Waals surface area contributed by atoms with Crippen molar-refractivity contribution in [3.63, 3.8) is 0 Å². The van der Waals surface area contributed by atoms with Crippen LogP contribution in [0, 0.1) is 0 Å². The third-order valence-electron chi connectivity index (χ3n) is 7.72. The molecule has 0 aliphatic rings. The largest absolute Gasteiger partial charge is 0.480 e. The molecule has 4 atom stereocenters. The third kappa shape index (κ3) is 36.0. The molecule has 0 aromatic heterocycles. The second-order valence-corrected chi connectivity index (χ2v) is 14.3. The van der Waals surface area contributed by atoms with E-state index in [4.69, 9.17) is 24.8 Å². The summed E-state index contributed by atoms with van der Waals surface area (Å²) in [6, 6.07) is -1.54. The lowest BCUT2D eigenvalue weighted by atomic mass is 10.1. The highest BCUT2D eigenvalue weighted by molar-refractivity contribution is 7.47. The molecule has 0 aromatic carbocycles. The number of carboxylic acid groups (broad SMARTS) is 1. The number of phosphoric acid groups is 1. The highest BCUT2D eigenvalue weighted by Crippen LogP contribution is 2.43. The van der Waals surface area contributed by atoms with Crippen LogP contribution in [-0.2, 0) is 37.5 Å². The number of hydrogen-bond acceptors (Lipinski definition) is 10. The zero-order valence-electron chi connectivity index (χ0n) is 33.1. The van der Waals surface area contributed by atoms with Crippen molar-refractivity contribution in [1.29, 1.82) is 0 Å². The molecule has 0 fully saturated rings. The van der Waals surface area contributed by atoms with Crippen molar-refractivity contribution >= 4 is 25.7 Å². The summed E-state index contributed by atoms with van der Waals surface area (Å²) in [5, 5.41) is 18.7. The smallest absolute Gasteiger partial charge is 0.472 e. The van der Waals surface area contributed by atoms with Crippen molar-refractivity contribution in [2.75, 3.05) is 19.8 Å². The summed E-state index contributed by atoms with van der Waals surface area (Å²) in [6.45, 7) is 2.42. The molecule has 0 aromatic rings. The number of phosphoric ester groups is 1. The standard InChI is InChI=1S/C42H68NO11P/c1-3-5-7-8-9-10-14-19-22-25-29-33-41(46)54-38(35-52-55(49,50)53-36-39(43)42(47)48)34-51-40(45)32-28-24-21-18-16-13-11-12-15-17-20-23-27-31-37(44)30-26-6-4-2/h6,8-9,12-13,15-16,20-21,23-24,26-27,31,37-39,44H,3-5,7,10-11,14,17-19,22,25,28-30,32-36,43H2,1-2H3,(H,47,48)(H,49,50)/b9-8-,15-12-,16-13-,23-20+,24-21-,26-6-,31-27+/t37?,38-,39+/m1/s1. The molecule has 0 radical (unpaired) electrons. The summed E-state index contributed by atoms with van der Waals surface area (Å²) >= 11 is 0. The van der Waals surface area contributed by atoms with Crippen molar-refractivity contribution in [1.82, 2.24) is 0 Å². The van der Waals surface area contributed by atoms with Gasteiger partial charge in [-0.2, -0.15) is 0 Å². The second-order valence-electron chi connectivity index (χ2n) is 12.9. The van der Waals surface area contributed by atoms with Crippen LogP contribution in [0.3, 0.4) is 0 Å². The summed E-state index contributed by atoms with van der Waals surface area (Å²) in [4.78, 5) is 45.7. The van der Waals surface area contributed by atoms with Gasteiger partial charge in [0.25, 0.3) is 0 Å². The first-order valence-electron chi connectivity index (χ1n) is 19.7. The second kappa shape index (κ2) is 36.3. The van der Waals surface area contributed by atoms with E-state index >= 15 is 0 Å². The molecule has 312 valence electrons. The molecule has 0 bridgehead atoms. The van der Waals surface area contributed by atoms with E-state index in [2.05, 4.69) is 42.7 Å². The zero-order valence-corrected chi connectivity index (χ0v) is 34.0. The molecule has 55 heavy (non-hydrogen) atoms. The van der Waals surface area contributed by atoms with Crippen LogP contribution in [0.5, 0.6) is 0 Å². The first-order valence-corrected chi connectivity index (χ1v) is 21.2. The zero-order chi connectivity index (χ0) is 40.8. The van der Waals surface area contributed by atoms with E-state index in [0.717, 1.165) is 57.8 Å². The first kappa shape index (κ1) is 51.6. The monoisotopic (exact) mass is 793 g/mol. The van der Waals surface area contributed by atoms with Crippen molar-refractivity contribution in [3.8, 4) is 0 Å². The maximum atomic E-state index is 12.5. The summed E-state index contributed by atoms with van der Waals surface area (Å²) in [5.41, 5.74) is 5.31. The number of unbranched alkanes of at least 4 members (excludes halogenated alkanes) is 7. The highest BCUT2D eigenvalue weighted by Gasteiger charge is 2.28. The summed E-state index contributed by atoms with van der Waals surface area (Å²) in [5.74, 6) is -2.54. The van der Waals surface area contributed by atoms with Crippen LogP contribution >= 0.6 is 7.82 Å². The number of aliphatic carboxylic acids is 1. The Morgan fingerprint density at radius 3 is 1.95 bits per heavy atom. The van der Waals surface area contributed by atoms with Crippen molar-refractivity contribution in [2.45, 2.75) is 141 Å². The van der Waals surface area contributed by atoms with Crippen molar-refractivity contribution in [3.05, 3.63) is 85.1 Å². The lowest BCUT2D eigenvalue weighted by Crippen LogP contribution is -2.34. The number of nitrogens with two attached hydrogens (primary N) is 1. The predicted molar refractivity (Wildman–Crippen MR) is 218 cm³/mol. The van der Waals surface area contributed by atoms with E-state index in [1.807, 2.05) is 54.7 Å². The van der Waals surface area contributed by atoms with Crippen LogP contribution in [-0.4, -0.2) is 71.1 Å². The average Bonchev–Trinajstić information content (AvgIpc) is 3.15. The fraction of sp³-hybridized carbons (Fsp3) is 0.595. The molecule has 2 unspecified atom stereocenters. The quantitative estimate of drug-likeness (QED) is 0.0157. The Kier molecular flexibility index (Phi) is 34.0. The Morgan fingerprint density at radius 1 is 0.673 bits per heavy atom. The Hall–Kier alpha value is -3.38. The van der Waals surface area contributed by atoms with Gasteiger partial charge >= 0.3 is 25.7 Å². The number of esters is 2. The minimum Gasteiger partial charge on any atom is -0.480 e. The summed E-state index contributed by atoms with van der Waals surface area (Å²) in [7, 11) is -4.74. The molecule has 0 rings (SSSR count). The number of carboxylic acids is 1. The van der Waals surface area contributed by atoms with E-state index < -0.39 is 63.8 Å². The highest BCUT2D eigenvalue weighted by atomic mass is 31.2. The van der Waals surface area contributed by atoms with Crippen molar-refractivity contribution < 1.29 is 52.6 Å². The molecular formula is C42H68NO11P. The molecule has 5 N–H and O–H groups in total.